The van der Waals surface area contributed by atoms with Crippen molar-refractivity contribution in [3.05, 3.63) is 38.4 Å². The molecule has 0 aliphatic carbocycles. The molecule has 112 valence electrons. The maximum Gasteiger partial charge on any atom is 0.344 e. The lowest BCUT2D eigenvalue weighted by molar-refractivity contribution is -0.131. The Labute approximate surface area is 129 Å². The topological polar surface area (TPSA) is 88.0 Å². The first kappa shape index (κ1) is 15.6. The molecule has 0 spiro atoms. The van der Waals surface area contributed by atoms with Gasteiger partial charge in [0.15, 0.2) is 5.16 Å². The van der Waals surface area contributed by atoms with Crippen molar-refractivity contribution in [2.24, 2.45) is 0 Å². The van der Waals surface area contributed by atoms with Gasteiger partial charge in [0, 0.05) is 22.7 Å². The van der Waals surface area contributed by atoms with Crippen LogP contribution in [0.25, 0.3) is 6.08 Å². The van der Waals surface area contributed by atoms with E-state index in [0.717, 1.165) is 16.5 Å². The Morgan fingerprint density at radius 1 is 1.62 bits per heavy atom. The van der Waals surface area contributed by atoms with E-state index < -0.39 is 5.97 Å². The number of carbonyl (C=O) groups is 1. The number of carboxylic acid groups (broad SMARTS) is 1. The lowest BCUT2D eigenvalue weighted by atomic mass is 10.3. The average molecular weight is 325 g/mol. The van der Waals surface area contributed by atoms with Gasteiger partial charge < -0.3 is 5.11 Å². The Balaban J connectivity index is 2.04. The summed E-state index contributed by atoms with van der Waals surface area (Å²) >= 11 is 3.03. The summed E-state index contributed by atoms with van der Waals surface area (Å²) in [6, 6.07) is 1.98. The summed E-state index contributed by atoms with van der Waals surface area (Å²) in [6.07, 6.45) is 2.68. The average Bonchev–Trinajstić information content (AvgIpc) is 3.00. The number of aromatic nitrogens is 3. The van der Waals surface area contributed by atoms with E-state index in [9.17, 15) is 9.59 Å². The van der Waals surface area contributed by atoms with Gasteiger partial charge in [-0.05, 0) is 36.9 Å². The van der Waals surface area contributed by atoms with Gasteiger partial charge >= 0.3 is 11.7 Å². The number of aromatic amines is 1. The second-order valence-electron chi connectivity index (χ2n) is 4.58. The predicted octanol–water partition coefficient (Wildman–Crippen LogP) is 2.60. The fourth-order valence-corrected chi connectivity index (χ4v) is 3.70. The van der Waals surface area contributed by atoms with Crippen LogP contribution in [0.15, 0.2) is 27.5 Å². The summed E-state index contributed by atoms with van der Waals surface area (Å²) in [6.45, 7) is 3.86. The van der Waals surface area contributed by atoms with Crippen LogP contribution in [0.1, 0.15) is 30.3 Å². The van der Waals surface area contributed by atoms with Crippen LogP contribution in [0, 0.1) is 0 Å². The summed E-state index contributed by atoms with van der Waals surface area (Å²) in [7, 11) is 0. The van der Waals surface area contributed by atoms with Gasteiger partial charge in [-0.2, -0.15) is 0 Å². The number of carboxylic acids is 1. The Hall–Kier alpha value is -1.80. The summed E-state index contributed by atoms with van der Waals surface area (Å²) < 4.78 is 1.61. The third-order valence-corrected chi connectivity index (χ3v) is 4.76. The number of aliphatic carboxylic acids is 1. The monoisotopic (exact) mass is 325 g/mol. The predicted molar refractivity (Wildman–Crippen MR) is 83.8 cm³/mol. The van der Waals surface area contributed by atoms with Crippen molar-refractivity contribution in [2.75, 3.05) is 0 Å². The standard InChI is InChI=1S/C13H15N3O3S2/c1-8(2)16-12(19)14-15-13(16)21-7-10-5-9(6-20-10)3-4-11(17)18/h3-6,8H,7H2,1-2H3,(H,14,19)(H,17,18). The SMILES string of the molecule is CC(C)n1c(SCc2cc(C=CC(=O)O)cs2)n[nH]c1=O. The third kappa shape index (κ3) is 4.08. The third-order valence-electron chi connectivity index (χ3n) is 2.62. The molecule has 21 heavy (non-hydrogen) atoms. The van der Waals surface area contributed by atoms with Crippen LogP contribution in [0.5, 0.6) is 0 Å². The zero-order valence-electron chi connectivity index (χ0n) is 11.6. The highest BCUT2D eigenvalue weighted by atomic mass is 32.2. The first-order chi connectivity index (χ1) is 9.97. The van der Waals surface area contributed by atoms with Gasteiger partial charge in [-0.3, -0.25) is 4.57 Å². The van der Waals surface area contributed by atoms with E-state index in [0.29, 0.717) is 10.9 Å². The molecule has 2 aromatic heterocycles. The van der Waals surface area contributed by atoms with Gasteiger partial charge in [0.05, 0.1) is 0 Å². The van der Waals surface area contributed by atoms with Crippen LogP contribution < -0.4 is 5.69 Å². The highest BCUT2D eigenvalue weighted by Crippen LogP contribution is 2.26. The molecule has 0 amide bonds. The normalized spacial score (nSPS) is 11.6. The molecule has 0 atom stereocenters. The summed E-state index contributed by atoms with van der Waals surface area (Å²) in [4.78, 5) is 23.2. The van der Waals surface area contributed by atoms with Crippen LogP contribution in [0.4, 0.5) is 0 Å². The van der Waals surface area contributed by atoms with E-state index in [-0.39, 0.29) is 11.7 Å². The van der Waals surface area contributed by atoms with Crippen molar-refractivity contribution in [1.29, 1.82) is 0 Å². The number of thiophene rings is 1. The van der Waals surface area contributed by atoms with E-state index in [4.69, 9.17) is 5.11 Å². The number of hydrogen-bond acceptors (Lipinski definition) is 5. The molecule has 0 aliphatic heterocycles. The van der Waals surface area contributed by atoms with E-state index in [1.807, 2.05) is 25.3 Å². The molecule has 6 nitrogen and oxygen atoms in total. The van der Waals surface area contributed by atoms with Crippen LogP contribution in [-0.2, 0) is 10.5 Å². The summed E-state index contributed by atoms with van der Waals surface area (Å²) in [5.74, 6) is -0.280. The Kier molecular flexibility index (Phi) is 5.03. The van der Waals surface area contributed by atoms with Crippen molar-refractivity contribution in [1.82, 2.24) is 14.8 Å². The second-order valence-corrected chi connectivity index (χ2v) is 6.52. The molecule has 2 N–H and O–H groups in total. The molecule has 0 saturated carbocycles. The fraction of sp³-hybridized carbons (Fsp3) is 0.308. The highest BCUT2D eigenvalue weighted by Gasteiger charge is 2.12. The maximum atomic E-state index is 11.6. The van der Waals surface area contributed by atoms with Gasteiger partial charge in [-0.25, -0.2) is 14.7 Å². The molecule has 2 heterocycles. The number of thioether (sulfide) groups is 1. The molecule has 0 aromatic carbocycles. The van der Waals surface area contributed by atoms with Crippen molar-refractivity contribution >= 4 is 35.1 Å². The van der Waals surface area contributed by atoms with Gasteiger partial charge in [0.25, 0.3) is 0 Å². The Morgan fingerprint density at radius 2 is 2.38 bits per heavy atom. The lowest BCUT2D eigenvalue weighted by Gasteiger charge is -2.07. The largest absolute Gasteiger partial charge is 0.478 e. The molecule has 8 heteroatoms. The van der Waals surface area contributed by atoms with Crippen LogP contribution in [-0.4, -0.2) is 25.8 Å². The number of hydrogen-bond donors (Lipinski definition) is 2. The molecule has 0 fully saturated rings. The van der Waals surface area contributed by atoms with Crippen molar-refractivity contribution < 1.29 is 9.90 Å². The first-order valence-corrected chi connectivity index (χ1v) is 8.12. The molecule has 0 radical (unpaired) electrons. The number of rotatable bonds is 6. The van der Waals surface area contributed by atoms with E-state index in [1.165, 1.54) is 11.8 Å². The second kappa shape index (κ2) is 6.77. The highest BCUT2D eigenvalue weighted by molar-refractivity contribution is 7.98. The maximum absolute atomic E-state index is 11.6. The molecule has 2 rings (SSSR count). The molecule has 0 saturated heterocycles. The van der Waals surface area contributed by atoms with E-state index >= 15 is 0 Å². The molecule has 0 unspecified atom stereocenters. The van der Waals surface area contributed by atoms with Gasteiger partial charge in [0.1, 0.15) is 0 Å². The van der Waals surface area contributed by atoms with Gasteiger partial charge in [-0.1, -0.05) is 11.8 Å². The van der Waals surface area contributed by atoms with Gasteiger partial charge in [0.2, 0.25) is 0 Å². The minimum atomic E-state index is -0.963. The van der Waals surface area contributed by atoms with E-state index in [1.54, 1.807) is 22.0 Å². The molecular weight excluding hydrogens is 310 g/mol. The Morgan fingerprint density at radius 3 is 3.05 bits per heavy atom. The van der Waals surface area contributed by atoms with Crippen molar-refractivity contribution in [2.45, 2.75) is 30.8 Å². The van der Waals surface area contributed by atoms with Crippen LogP contribution >= 0.6 is 23.1 Å². The summed E-state index contributed by atoms with van der Waals surface area (Å²) in [5, 5.41) is 17.6. The Bertz CT molecular complexity index is 712. The fourth-order valence-electron chi connectivity index (χ4n) is 1.71. The van der Waals surface area contributed by atoms with Crippen LogP contribution in [0.2, 0.25) is 0 Å². The van der Waals surface area contributed by atoms with Crippen molar-refractivity contribution in [3.8, 4) is 0 Å². The van der Waals surface area contributed by atoms with E-state index in [2.05, 4.69) is 10.2 Å². The van der Waals surface area contributed by atoms with Crippen molar-refractivity contribution in [3.63, 3.8) is 0 Å². The molecule has 2 aromatic rings. The number of nitrogens with one attached hydrogen (secondary N) is 1. The minimum Gasteiger partial charge on any atom is -0.478 e. The lowest BCUT2D eigenvalue weighted by Crippen LogP contribution is -2.19. The quantitative estimate of drug-likeness (QED) is 0.629. The van der Waals surface area contributed by atoms with Gasteiger partial charge in [-0.15, -0.1) is 16.4 Å². The smallest absolute Gasteiger partial charge is 0.344 e. The summed E-state index contributed by atoms with van der Waals surface area (Å²) in [5.41, 5.74) is 0.657. The number of nitrogens with zero attached hydrogens (tertiary/aromatic N) is 2. The molecule has 0 aliphatic rings. The minimum absolute atomic E-state index is 0.0520. The molecular formula is C13H15N3O3S2. The molecule has 0 bridgehead atoms. The first-order valence-electron chi connectivity index (χ1n) is 6.25. The van der Waals surface area contributed by atoms with Crippen LogP contribution in [0.3, 0.4) is 0 Å². The zero-order chi connectivity index (χ0) is 15.4. The number of H-pyrrole nitrogens is 1. The zero-order valence-corrected chi connectivity index (χ0v) is 13.2.